The standard InChI is InChI=1S/C15H22O2/c16-12-14-7-4-8-15(11-14)17-10-9-13-5-2-1-3-6-13/h1-3,5-6,14-16H,4,7-12H2/t14-,15-/m0/s1. The Bertz CT molecular complexity index is 310. The number of hydrogen-bond donors (Lipinski definition) is 1. The van der Waals surface area contributed by atoms with Crippen LogP contribution in [-0.4, -0.2) is 24.4 Å². The molecular weight excluding hydrogens is 212 g/mol. The van der Waals surface area contributed by atoms with Gasteiger partial charge in [0.25, 0.3) is 0 Å². The second-order valence-electron chi connectivity index (χ2n) is 4.94. The van der Waals surface area contributed by atoms with E-state index in [1.54, 1.807) is 0 Å². The Balaban J connectivity index is 1.68. The Morgan fingerprint density at radius 1 is 1.18 bits per heavy atom. The van der Waals surface area contributed by atoms with Gasteiger partial charge in [-0.3, -0.25) is 0 Å². The summed E-state index contributed by atoms with van der Waals surface area (Å²) < 4.78 is 5.91. The average Bonchev–Trinajstić information content (AvgIpc) is 2.40. The maximum atomic E-state index is 9.16. The lowest BCUT2D eigenvalue weighted by Crippen LogP contribution is -2.25. The lowest BCUT2D eigenvalue weighted by atomic mass is 9.88. The summed E-state index contributed by atoms with van der Waals surface area (Å²) >= 11 is 0. The molecule has 1 saturated carbocycles. The van der Waals surface area contributed by atoms with Crippen molar-refractivity contribution in [2.75, 3.05) is 13.2 Å². The van der Waals surface area contributed by atoms with Crippen LogP contribution >= 0.6 is 0 Å². The van der Waals surface area contributed by atoms with Crippen LogP contribution in [0.25, 0.3) is 0 Å². The van der Waals surface area contributed by atoms with E-state index in [1.807, 2.05) is 6.07 Å². The van der Waals surface area contributed by atoms with Crippen molar-refractivity contribution in [1.29, 1.82) is 0 Å². The van der Waals surface area contributed by atoms with Gasteiger partial charge >= 0.3 is 0 Å². The van der Waals surface area contributed by atoms with Gasteiger partial charge in [0, 0.05) is 6.61 Å². The molecule has 0 unspecified atom stereocenters. The molecule has 1 aromatic carbocycles. The normalized spacial score (nSPS) is 24.8. The van der Waals surface area contributed by atoms with Crippen LogP contribution in [0.1, 0.15) is 31.2 Å². The number of ether oxygens (including phenoxy) is 1. The summed E-state index contributed by atoms with van der Waals surface area (Å²) in [5.41, 5.74) is 1.34. The van der Waals surface area contributed by atoms with E-state index in [1.165, 1.54) is 12.0 Å². The van der Waals surface area contributed by atoms with E-state index in [-0.39, 0.29) is 0 Å². The highest BCUT2D eigenvalue weighted by molar-refractivity contribution is 5.14. The second-order valence-corrected chi connectivity index (χ2v) is 4.94. The smallest absolute Gasteiger partial charge is 0.0578 e. The van der Waals surface area contributed by atoms with Crippen LogP contribution in [0.2, 0.25) is 0 Å². The summed E-state index contributed by atoms with van der Waals surface area (Å²) in [5, 5.41) is 9.16. The van der Waals surface area contributed by atoms with Crippen LogP contribution in [0.15, 0.2) is 30.3 Å². The summed E-state index contributed by atoms with van der Waals surface area (Å²) in [7, 11) is 0. The number of aliphatic hydroxyl groups excluding tert-OH is 1. The van der Waals surface area contributed by atoms with Gasteiger partial charge in [-0.15, -0.1) is 0 Å². The van der Waals surface area contributed by atoms with Crippen LogP contribution in [0.5, 0.6) is 0 Å². The first-order valence-corrected chi connectivity index (χ1v) is 6.65. The third-order valence-electron chi connectivity index (χ3n) is 3.58. The molecule has 1 aliphatic rings. The van der Waals surface area contributed by atoms with Gasteiger partial charge in [0.05, 0.1) is 12.7 Å². The van der Waals surface area contributed by atoms with E-state index in [9.17, 15) is 0 Å². The Morgan fingerprint density at radius 2 is 2.00 bits per heavy atom. The highest BCUT2D eigenvalue weighted by atomic mass is 16.5. The maximum Gasteiger partial charge on any atom is 0.0578 e. The van der Waals surface area contributed by atoms with Crippen LogP contribution in [0.4, 0.5) is 0 Å². The van der Waals surface area contributed by atoms with Gasteiger partial charge < -0.3 is 9.84 Å². The van der Waals surface area contributed by atoms with Gasteiger partial charge in [0.15, 0.2) is 0 Å². The van der Waals surface area contributed by atoms with Crippen molar-refractivity contribution in [3.63, 3.8) is 0 Å². The fraction of sp³-hybridized carbons (Fsp3) is 0.600. The summed E-state index contributed by atoms with van der Waals surface area (Å²) in [6.07, 6.45) is 5.90. The number of hydrogen-bond acceptors (Lipinski definition) is 2. The summed E-state index contributed by atoms with van der Waals surface area (Å²) in [6.45, 7) is 1.12. The van der Waals surface area contributed by atoms with Crippen molar-refractivity contribution < 1.29 is 9.84 Å². The summed E-state index contributed by atoms with van der Waals surface area (Å²) in [6, 6.07) is 10.5. The van der Waals surface area contributed by atoms with Crippen molar-refractivity contribution in [2.45, 2.75) is 38.2 Å². The van der Waals surface area contributed by atoms with Gasteiger partial charge in [0.2, 0.25) is 0 Å². The van der Waals surface area contributed by atoms with Crippen molar-refractivity contribution in [2.24, 2.45) is 5.92 Å². The number of rotatable bonds is 5. The fourth-order valence-corrected chi connectivity index (χ4v) is 2.55. The van der Waals surface area contributed by atoms with E-state index in [4.69, 9.17) is 9.84 Å². The molecule has 17 heavy (non-hydrogen) atoms. The summed E-state index contributed by atoms with van der Waals surface area (Å²) in [5.74, 6) is 0.463. The quantitative estimate of drug-likeness (QED) is 0.849. The lowest BCUT2D eigenvalue weighted by molar-refractivity contribution is 0.00512. The molecule has 2 atom stereocenters. The molecule has 0 radical (unpaired) electrons. The highest BCUT2D eigenvalue weighted by Gasteiger charge is 2.21. The van der Waals surface area contributed by atoms with Gasteiger partial charge in [-0.25, -0.2) is 0 Å². The first-order chi connectivity index (χ1) is 8.38. The van der Waals surface area contributed by atoms with Crippen LogP contribution in [0.3, 0.4) is 0 Å². The van der Waals surface area contributed by atoms with Crippen molar-refractivity contribution in [3.05, 3.63) is 35.9 Å². The largest absolute Gasteiger partial charge is 0.396 e. The Labute approximate surface area is 104 Å². The minimum atomic E-state index is 0.318. The Kier molecular flexibility index (Phi) is 5.02. The molecule has 0 aromatic heterocycles. The van der Waals surface area contributed by atoms with E-state index in [0.717, 1.165) is 32.3 Å². The lowest BCUT2D eigenvalue weighted by Gasteiger charge is -2.27. The van der Waals surface area contributed by atoms with Crippen molar-refractivity contribution in [1.82, 2.24) is 0 Å². The van der Waals surface area contributed by atoms with Crippen LogP contribution in [-0.2, 0) is 11.2 Å². The second kappa shape index (κ2) is 6.77. The average molecular weight is 234 g/mol. The molecule has 0 heterocycles. The molecule has 1 N–H and O–H groups in total. The van der Waals surface area contributed by atoms with E-state index >= 15 is 0 Å². The molecular formula is C15H22O2. The molecule has 1 fully saturated rings. The van der Waals surface area contributed by atoms with E-state index < -0.39 is 0 Å². The van der Waals surface area contributed by atoms with Gasteiger partial charge in [0.1, 0.15) is 0 Å². The van der Waals surface area contributed by atoms with E-state index in [2.05, 4.69) is 24.3 Å². The number of aliphatic hydroxyl groups is 1. The predicted molar refractivity (Wildman–Crippen MR) is 68.9 cm³/mol. The fourth-order valence-electron chi connectivity index (χ4n) is 2.55. The van der Waals surface area contributed by atoms with Gasteiger partial charge in [-0.05, 0) is 37.2 Å². The van der Waals surface area contributed by atoms with Crippen LogP contribution < -0.4 is 0 Å². The zero-order valence-electron chi connectivity index (χ0n) is 10.3. The molecule has 1 aromatic rings. The molecule has 0 aliphatic heterocycles. The molecule has 0 saturated heterocycles. The molecule has 94 valence electrons. The Hall–Kier alpha value is -0.860. The third kappa shape index (κ3) is 4.14. The molecule has 2 rings (SSSR count). The first kappa shape index (κ1) is 12.6. The molecule has 2 heteroatoms. The minimum absolute atomic E-state index is 0.318. The molecule has 0 bridgehead atoms. The van der Waals surface area contributed by atoms with Gasteiger partial charge in [-0.2, -0.15) is 0 Å². The topological polar surface area (TPSA) is 29.5 Å². The number of benzene rings is 1. The molecule has 2 nitrogen and oxygen atoms in total. The first-order valence-electron chi connectivity index (χ1n) is 6.65. The van der Waals surface area contributed by atoms with Crippen LogP contribution in [0, 0.1) is 5.92 Å². The van der Waals surface area contributed by atoms with Crippen molar-refractivity contribution >= 4 is 0 Å². The van der Waals surface area contributed by atoms with Gasteiger partial charge in [-0.1, -0.05) is 36.8 Å². The zero-order chi connectivity index (χ0) is 11.9. The molecule has 0 spiro atoms. The minimum Gasteiger partial charge on any atom is -0.396 e. The maximum absolute atomic E-state index is 9.16. The predicted octanol–water partition coefficient (Wildman–Crippen LogP) is 2.80. The van der Waals surface area contributed by atoms with E-state index in [0.29, 0.717) is 18.6 Å². The SMILES string of the molecule is OC[C@H]1CCC[C@H](OCCc2ccccc2)C1. The molecule has 0 amide bonds. The molecule has 1 aliphatic carbocycles. The Morgan fingerprint density at radius 3 is 2.76 bits per heavy atom. The van der Waals surface area contributed by atoms with Crippen molar-refractivity contribution in [3.8, 4) is 0 Å². The third-order valence-corrected chi connectivity index (χ3v) is 3.58. The summed E-state index contributed by atoms with van der Waals surface area (Å²) in [4.78, 5) is 0. The monoisotopic (exact) mass is 234 g/mol. The highest BCUT2D eigenvalue weighted by Crippen LogP contribution is 2.25. The zero-order valence-corrected chi connectivity index (χ0v) is 10.3.